The Morgan fingerprint density at radius 1 is 1.29 bits per heavy atom. The van der Waals surface area contributed by atoms with Gasteiger partial charge in [0.1, 0.15) is 17.1 Å². The predicted molar refractivity (Wildman–Crippen MR) is 89.3 cm³/mol. The molecule has 6 heteroatoms. The minimum atomic E-state index is -0.402. The number of pyridine rings is 1. The number of halogens is 1. The second-order valence-electron chi connectivity index (χ2n) is 5.90. The van der Waals surface area contributed by atoms with E-state index < -0.39 is 5.91 Å². The minimum absolute atomic E-state index is 0.167. The number of carbonyl (C=O) groups is 1. The van der Waals surface area contributed by atoms with Gasteiger partial charge in [-0.25, -0.2) is 4.39 Å². The summed E-state index contributed by atoms with van der Waals surface area (Å²) in [5.74, 6) is -0.537. The molecule has 0 bridgehead atoms. The fourth-order valence-electron chi connectivity index (χ4n) is 3.01. The van der Waals surface area contributed by atoms with Crippen molar-refractivity contribution in [1.82, 2.24) is 4.57 Å². The summed E-state index contributed by atoms with van der Waals surface area (Å²) in [6.07, 6.45) is 2.45. The van der Waals surface area contributed by atoms with Crippen LogP contribution in [0.1, 0.15) is 34.5 Å². The summed E-state index contributed by atoms with van der Waals surface area (Å²) in [6.45, 7) is 2.25. The molecule has 1 aromatic carbocycles. The summed E-state index contributed by atoms with van der Waals surface area (Å²) in [4.78, 5) is 24.9. The van der Waals surface area contributed by atoms with Gasteiger partial charge in [-0.1, -0.05) is 6.07 Å². The number of nitrogens with one attached hydrogen (secondary N) is 1. The molecule has 0 saturated carbocycles. The van der Waals surface area contributed by atoms with Crippen LogP contribution in [0.5, 0.6) is 5.75 Å². The molecule has 3 rings (SSSR count). The number of ether oxygens (including phenoxy) is 1. The van der Waals surface area contributed by atoms with Gasteiger partial charge < -0.3 is 14.6 Å². The van der Waals surface area contributed by atoms with E-state index in [4.69, 9.17) is 4.74 Å². The van der Waals surface area contributed by atoms with Gasteiger partial charge in [-0.05, 0) is 43.9 Å². The fourth-order valence-corrected chi connectivity index (χ4v) is 3.01. The Morgan fingerprint density at radius 3 is 2.79 bits per heavy atom. The van der Waals surface area contributed by atoms with E-state index in [2.05, 4.69) is 5.32 Å². The molecule has 0 radical (unpaired) electrons. The Morgan fingerprint density at radius 2 is 2.08 bits per heavy atom. The van der Waals surface area contributed by atoms with Crippen LogP contribution < -0.4 is 15.6 Å². The number of hydrogen-bond donors (Lipinski definition) is 1. The van der Waals surface area contributed by atoms with Gasteiger partial charge in [0.25, 0.3) is 11.5 Å². The first-order valence-electron chi connectivity index (χ1n) is 7.89. The monoisotopic (exact) mass is 330 g/mol. The second kappa shape index (κ2) is 6.47. The Kier molecular flexibility index (Phi) is 4.38. The third kappa shape index (κ3) is 2.91. The van der Waals surface area contributed by atoms with Gasteiger partial charge >= 0.3 is 0 Å². The van der Waals surface area contributed by atoms with Gasteiger partial charge in [0.2, 0.25) is 0 Å². The lowest BCUT2D eigenvalue weighted by atomic mass is 10.0. The number of benzene rings is 1. The normalized spacial score (nSPS) is 13.3. The average molecular weight is 330 g/mol. The maximum Gasteiger partial charge on any atom is 0.261 e. The van der Waals surface area contributed by atoms with Gasteiger partial charge in [-0.3, -0.25) is 9.59 Å². The van der Waals surface area contributed by atoms with Gasteiger partial charge in [-0.2, -0.15) is 0 Å². The maximum absolute atomic E-state index is 13.7. The van der Waals surface area contributed by atoms with E-state index in [0.29, 0.717) is 35.5 Å². The lowest BCUT2D eigenvalue weighted by Crippen LogP contribution is -2.30. The third-order valence-electron chi connectivity index (χ3n) is 4.30. The summed E-state index contributed by atoms with van der Waals surface area (Å²) >= 11 is 0. The standard InChI is InChI=1S/C18H19FN2O3/c1-11-6-7-12(9-13(11)19)20-18(23)17-14-5-3-4-8-21(14)16(22)10-15(17)24-2/h6-7,9-10H,3-5,8H2,1-2H3,(H,20,23). The lowest BCUT2D eigenvalue weighted by Gasteiger charge is -2.22. The molecule has 1 aliphatic heterocycles. The van der Waals surface area contributed by atoms with E-state index in [1.54, 1.807) is 23.6 Å². The minimum Gasteiger partial charge on any atom is -0.496 e. The Hall–Kier alpha value is -2.63. The van der Waals surface area contributed by atoms with Crippen LogP contribution in [0.3, 0.4) is 0 Å². The highest BCUT2D eigenvalue weighted by Crippen LogP contribution is 2.26. The molecule has 24 heavy (non-hydrogen) atoms. The summed E-state index contributed by atoms with van der Waals surface area (Å²) in [6, 6.07) is 5.86. The maximum atomic E-state index is 13.7. The second-order valence-corrected chi connectivity index (χ2v) is 5.90. The molecule has 2 heterocycles. The zero-order chi connectivity index (χ0) is 17.3. The number of hydrogen-bond acceptors (Lipinski definition) is 3. The summed E-state index contributed by atoms with van der Waals surface area (Å²) in [5, 5.41) is 2.70. The van der Waals surface area contributed by atoms with Gasteiger partial charge in [0, 0.05) is 24.0 Å². The van der Waals surface area contributed by atoms with Crippen LogP contribution in [-0.2, 0) is 13.0 Å². The molecular formula is C18H19FN2O3. The van der Waals surface area contributed by atoms with Crippen LogP contribution in [0, 0.1) is 12.7 Å². The number of rotatable bonds is 3. The summed E-state index contributed by atoms with van der Waals surface area (Å²) in [5.41, 5.74) is 1.73. The molecule has 5 nitrogen and oxygen atoms in total. The Bertz CT molecular complexity index is 858. The molecule has 126 valence electrons. The Balaban J connectivity index is 2.02. The van der Waals surface area contributed by atoms with Crippen molar-refractivity contribution in [1.29, 1.82) is 0 Å². The van der Waals surface area contributed by atoms with Crippen molar-refractivity contribution in [2.24, 2.45) is 0 Å². The predicted octanol–water partition coefficient (Wildman–Crippen LogP) is 2.89. The number of fused-ring (bicyclic) bond motifs is 1. The van der Waals surface area contributed by atoms with Crippen molar-refractivity contribution in [3.8, 4) is 5.75 Å². The van der Waals surface area contributed by atoms with Crippen LogP contribution in [0.2, 0.25) is 0 Å². The molecule has 0 aliphatic carbocycles. The van der Waals surface area contributed by atoms with E-state index >= 15 is 0 Å². The van der Waals surface area contributed by atoms with Crippen molar-refractivity contribution in [2.75, 3.05) is 12.4 Å². The first kappa shape index (κ1) is 16.2. The number of carbonyl (C=O) groups excluding carboxylic acids is 1. The summed E-state index contributed by atoms with van der Waals surface area (Å²) < 4.78 is 20.5. The molecule has 2 aromatic rings. The highest BCUT2D eigenvalue weighted by atomic mass is 19.1. The topological polar surface area (TPSA) is 60.3 Å². The van der Waals surface area contributed by atoms with Crippen molar-refractivity contribution in [2.45, 2.75) is 32.7 Å². The highest BCUT2D eigenvalue weighted by molar-refractivity contribution is 6.07. The smallest absolute Gasteiger partial charge is 0.261 e. The van der Waals surface area contributed by atoms with Gasteiger partial charge in [0.05, 0.1) is 7.11 Å². The van der Waals surface area contributed by atoms with Crippen molar-refractivity contribution < 1.29 is 13.9 Å². The molecule has 1 aromatic heterocycles. The lowest BCUT2D eigenvalue weighted by molar-refractivity contribution is 0.102. The highest BCUT2D eigenvalue weighted by Gasteiger charge is 2.24. The van der Waals surface area contributed by atoms with E-state index in [1.165, 1.54) is 19.2 Å². The van der Waals surface area contributed by atoms with Crippen molar-refractivity contribution >= 4 is 11.6 Å². The molecule has 1 aliphatic rings. The van der Waals surface area contributed by atoms with E-state index in [1.807, 2.05) is 0 Å². The molecule has 1 amide bonds. The molecule has 0 unspecified atom stereocenters. The average Bonchev–Trinajstić information content (AvgIpc) is 2.58. The zero-order valence-corrected chi connectivity index (χ0v) is 13.7. The van der Waals surface area contributed by atoms with Crippen LogP contribution in [0.25, 0.3) is 0 Å². The summed E-state index contributed by atoms with van der Waals surface area (Å²) in [7, 11) is 1.43. The SMILES string of the molecule is COc1cc(=O)n2c(c1C(=O)Nc1ccc(C)c(F)c1)CCCC2. The molecular weight excluding hydrogens is 311 g/mol. The quantitative estimate of drug-likeness (QED) is 0.941. The van der Waals surface area contributed by atoms with Crippen LogP contribution in [0.4, 0.5) is 10.1 Å². The largest absolute Gasteiger partial charge is 0.496 e. The van der Waals surface area contributed by atoms with Crippen LogP contribution in [0.15, 0.2) is 29.1 Å². The molecule has 0 atom stereocenters. The molecule has 0 spiro atoms. The first-order valence-corrected chi connectivity index (χ1v) is 7.89. The van der Waals surface area contributed by atoms with Gasteiger partial charge in [-0.15, -0.1) is 0 Å². The van der Waals surface area contributed by atoms with Crippen LogP contribution in [-0.4, -0.2) is 17.6 Å². The number of amides is 1. The number of nitrogens with zero attached hydrogens (tertiary/aromatic N) is 1. The molecule has 1 N–H and O–H groups in total. The number of anilines is 1. The van der Waals surface area contributed by atoms with Gasteiger partial charge in [0.15, 0.2) is 0 Å². The first-order chi connectivity index (χ1) is 11.5. The zero-order valence-electron chi connectivity index (χ0n) is 13.7. The van der Waals surface area contributed by atoms with Crippen molar-refractivity contribution in [3.05, 3.63) is 57.3 Å². The number of aryl methyl sites for hydroxylation is 1. The fraction of sp³-hybridized carbons (Fsp3) is 0.333. The Labute approximate surface area is 139 Å². The third-order valence-corrected chi connectivity index (χ3v) is 4.30. The number of methoxy groups -OCH3 is 1. The van der Waals surface area contributed by atoms with E-state index in [0.717, 1.165) is 12.8 Å². The van der Waals surface area contributed by atoms with E-state index in [-0.39, 0.29) is 17.1 Å². The molecule has 0 saturated heterocycles. The van der Waals surface area contributed by atoms with E-state index in [9.17, 15) is 14.0 Å². The van der Waals surface area contributed by atoms with Crippen LogP contribution >= 0.6 is 0 Å². The van der Waals surface area contributed by atoms with Crippen molar-refractivity contribution in [3.63, 3.8) is 0 Å². The molecule has 0 fully saturated rings. The number of aromatic nitrogens is 1.